The molecule has 0 amide bonds. The monoisotopic (exact) mass is 318 g/mol. The summed E-state index contributed by atoms with van der Waals surface area (Å²) >= 11 is 0. The van der Waals surface area contributed by atoms with Crippen molar-refractivity contribution in [3.05, 3.63) is 23.8 Å². The van der Waals surface area contributed by atoms with Gasteiger partial charge >= 0.3 is 0 Å². The second kappa shape index (κ2) is 6.35. The smallest absolute Gasteiger partial charge is 0.261 e. The third-order valence-electron chi connectivity index (χ3n) is 3.24. The molecule has 0 atom stereocenters. The molecule has 1 aromatic rings. The predicted octanol–water partition coefficient (Wildman–Crippen LogP) is 4.48. The van der Waals surface area contributed by atoms with Crippen molar-refractivity contribution in [3.8, 4) is 5.75 Å². The van der Waals surface area contributed by atoms with Crippen molar-refractivity contribution in [1.29, 1.82) is 0 Å². The van der Waals surface area contributed by atoms with E-state index in [9.17, 15) is 8.42 Å². The molecule has 0 bridgehead atoms. The Labute approximate surface area is 126 Å². The summed E-state index contributed by atoms with van der Waals surface area (Å²) in [5, 5.41) is 0. The molecule has 1 rings (SSSR count). The molecular formula is C15H23ClO3S. The van der Waals surface area contributed by atoms with E-state index in [0.29, 0.717) is 0 Å². The van der Waals surface area contributed by atoms with Crippen LogP contribution in [0.4, 0.5) is 0 Å². The Kier molecular flexibility index (Phi) is 5.50. The molecule has 3 nitrogen and oxygen atoms in total. The lowest BCUT2D eigenvalue weighted by Gasteiger charge is -2.26. The van der Waals surface area contributed by atoms with Crippen molar-refractivity contribution >= 4 is 19.7 Å². The fourth-order valence-corrected chi connectivity index (χ4v) is 2.76. The fraction of sp³-hybridized carbons (Fsp3) is 0.600. The van der Waals surface area contributed by atoms with E-state index in [1.54, 1.807) is 12.1 Å². The molecular weight excluding hydrogens is 296 g/mol. The van der Waals surface area contributed by atoms with Gasteiger partial charge in [0.15, 0.2) is 0 Å². The summed E-state index contributed by atoms with van der Waals surface area (Å²) in [6, 6.07) is 4.81. The van der Waals surface area contributed by atoms with Crippen LogP contribution < -0.4 is 4.74 Å². The van der Waals surface area contributed by atoms with Crippen molar-refractivity contribution < 1.29 is 13.2 Å². The van der Waals surface area contributed by atoms with Gasteiger partial charge in [0.05, 0.1) is 11.0 Å². The van der Waals surface area contributed by atoms with Crippen LogP contribution in [0.25, 0.3) is 0 Å². The van der Waals surface area contributed by atoms with Gasteiger partial charge in [-0.25, -0.2) is 8.42 Å². The van der Waals surface area contributed by atoms with Gasteiger partial charge in [-0.15, -0.1) is 0 Å². The number of hydrogen-bond donors (Lipinski definition) is 0. The topological polar surface area (TPSA) is 43.4 Å². The van der Waals surface area contributed by atoms with Gasteiger partial charge in [0, 0.05) is 16.2 Å². The van der Waals surface area contributed by atoms with Crippen LogP contribution >= 0.6 is 10.7 Å². The molecule has 0 heterocycles. The third-order valence-corrected chi connectivity index (χ3v) is 4.60. The lowest BCUT2D eigenvalue weighted by atomic mass is 9.86. The zero-order chi connectivity index (χ0) is 15.6. The number of benzene rings is 1. The van der Waals surface area contributed by atoms with Gasteiger partial charge in [-0.2, -0.15) is 0 Å². The van der Waals surface area contributed by atoms with Gasteiger partial charge in [-0.1, -0.05) is 34.6 Å². The molecule has 0 fully saturated rings. The maximum atomic E-state index is 11.5. The summed E-state index contributed by atoms with van der Waals surface area (Å²) in [6.07, 6.45) is 1.96. The van der Waals surface area contributed by atoms with Crippen molar-refractivity contribution in [2.75, 3.05) is 0 Å². The molecule has 0 saturated heterocycles. The Morgan fingerprint density at radius 3 is 2.15 bits per heavy atom. The second-order valence-corrected chi connectivity index (χ2v) is 8.47. The van der Waals surface area contributed by atoms with Gasteiger partial charge in [-0.3, -0.25) is 0 Å². The molecule has 0 N–H and O–H groups in total. The number of rotatable bonds is 5. The largest absolute Gasteiger partial charge is 0.490 e. The van der Waals surface area contributed by atoms with Crippen molar-refractivity contribution in [2.24, 2.45) is 0 Å². The molecule has 0 unspecified atom stereocenters. The first kappa shape index (κ1) is 17.3. The Morgan fingerprint density at radius 1 is 1.20 bits per heavy atom. The molecule has 114 valence electrons. The first-order chi connectivity index (χ1) is 9.09. The quantitative estimate of drug-likeness (QED) is 0.752. The zero-order valence-corrected chi connectivity index (χ0v) is 14.3. The van der Waals surface area contributed by atoms with Crippen LogP contribution in [0.2, 0.25) is 0 Å². The third kappa shape index (κ3) is 4.38. The highest BCUT2D eigenvalue weighted by atomic mass is 35.7. The molecule has 0 aliphatic carbocycles. The van der Waals surface area contributed by atoms with Crippen LogP contribution in [0.5, 0.6) is 5.75 Å². The highest BCUT2D eigenvalue weighted by molar-refractivity contribution is 8.13. The minimum Gasteiger partial charge on any atom is -0.490 e. The van der Waals surface area contributed by atoms with Crippen molar-refractivity contribution in [2.45, 2.75) is 63.9 Å². The summed E-state index contributed by atoms with van der Waals surface area (Å²) in [5.74, 6) is 0.732. The molecule has 0 aliphatic rings. The molecule has 5 heteroatoms. The molecule has 0 aliphatic heterocycles. The molecule has 20 heavy (non-hydrogen) atoms. The number of ether oxygens (including phenoxy) is 1. The molecule has 0 spiro atoms. The minimum absolute atomic E-state index is 0.112. The molecule has 0 aromatic heterocycles. The van der Waals surface area contributed by atoms with E-state index in [4.69, 9.17) is 15.4 Å². The summed E-state index contributed by atoms with van der Waals surface area (Å²) < 4.78 is 29.0. The van der Waals surface area contributed by atoms with E-state index >= 15 is 0 Å². The normalized spacial score (nSPS) is 12.8. The fourth-order valence-electron chi connectivity index (χ4n) is 1.98. The Morgan fingerprint density at radius 2 is 1.75 bits per heavy atom. The van der Waals surface area contributed by atoms with Gasteiger partial charge in [-0.05, 0) is 36.5 Å². The maximum absolute atomic E-state index is 11.5. The summed E-state index contributed by atoms with van der Waals surface area (Å²) in [5.41, 5.74) is 0.630. The first-order valence-electron chi connectivity index (χ1n) is 6.85. The van der Waals surface area contributed by atoms with E-state index in [1.165, 1.54) is 6.07 Å². The van der Waals surface area contributed by atoms with Crippen LogP contribution in [0.3, 0.4) is 0 Å². The standard InChI is InChI=1S/C15H23ClO3S/c1-6-11(7-2)19-14-9-8-12(20(16,17)18)10-13(14)15(3,4)5/h8-11H,6-7H2,1-5H3. The summed E-state index contributed by atoms with van der Waals surface area (Å²) in [7, 11) is 1.70. The zero-order valence-electron chi connectivity index (χ0n) is 12.7. The minimum atomic E-state index is -3.73. The molecule has 0 radical (unpaired) electrons. The molecule has 1 aromatic carbocycles. The SMILES string of the molecule is CCC(CC)Oc1ccc(S(=O)(=O)Cl)cc1C(C)(C)C. The highest BCUT2D eigenvalue weighted by Gasteiger charge is 2.23. The summed E-state index contributed by atoms with van der Waals surface area (Å²) in [6.45, 7) is 10.2. The summed E-state index contributed by atoms with van der Waals surface area (Å²) in [4.78, 5) is 0.112. The van der Waals surface area contributed by atoms with E-state index in [2.05, 4.69) is 13.8 Å². The highest BCUT2D eigenvalue weighted by Crippen LogP contribution is 2.35. The van der Waals surface area contributed by atoms with Gasteiger partial charge in [0.1, 0.15) is 5.75 Å². The lowest BCUT2D eigenvalue weighted by molar-refractivity contribution is 0.188. The first-order valence-corrected chi connectivity index (χ1v) is 9.16. The van der Waals surface area contributed by atoms with Crippen LogP contribution in [-0.4, -0.2) is 14.5 Å². The van der Waals surface area contributed by atoms with Crippen molar-refractivity contribution in [1.82, 2.24) is 0 Å². The van der Waals surface area contributed by atoms with E-state index in [1.807, 2.05) is 20.8 Å². The number of hydrogen-bond acceptors (Lipinski definition) is 3. The lowest BCUT2D eigenvalue weighted by Crippen LogP contribution is -2.19. The predicted molar refractivity (Wildman–Crippen MR) is 83.2 cm³/mol. The Bertz CT molecular complexity index is 555. The average molecular weight is 319 g/mol. The van der Waals surface area contributed by atoms with Gasteiger partial charge in [0.2, 0.25) is 0 Å². The van der Waals surface area contributed by atoms with E-state index < -0.39 is 9.05 Å². The second-order valence-electron chi connectivity index (χ2n) is 5.90. The van der Waals surface area contributed by atoms with Crippen LogP contribution in [0.15, 0.2) is 23.1 Å². The van der Waals surface area contributed by atoms with E-state index in [-0.39, 0.29) is 16.4 Å². The van der Waals surface area contributed by atoms with Gasteiger partial charge in [0.25, 0.3) is 9.05 Å². The van der Waals surface area contributed by atoms with Crippen LogP contribution in [0.1, 0.15) is 53.0 Å². The van der Waals surface area contributed by atoms with Crippen LogP contribution in [0, 0.1) is 0 Å². The molecule has 0 saturated carbocycles. The van der Waals surface area contributed by atoms with E-state index in [0.717, 1.165) is 24.2 Å². The Balaban J connectivity index is 3.32. The van der Waals surface area contributed by atoms with Crippen LogP contribution in [-0.2, 0) is 14.5 Å². The average Bonchev–Trinajstić information content (AvgIpc) is 2.33. The van der Waals surface area contributed by atoms with Gasteiger partial charge < -0.3 is 4.74 Å². The van der Waals surface area contributed by atoms with Crippen molar-refractivity contribution in [3.63, 3.8) is 0 Å². The number of halogens is 1. The maximum Gasteiger partial charge on any atom is 0.261 e. The Hall–Kier alpha value is -0.740.